The van der Waals surface area contributed by atoms with Crippen molar-refractivity contribution in [2.45, 2.75) is 30.4 Å². The Kier molecular flexibility index (Phi) is 4.92. The lowest BCUT2D eigenvalue weighted by molar-refractivity contribution is -0.385. The van der Waals surface area contributed by atoms with E-state index in [0.717, 1.165) is 18.9 Å². The maximum absolute atomic E-state index is 14.0. The minimum atomic E-state index is -0.647. The predicted octanol–water partition coefficient (Wildman–Crippen LogP) is 3.83. The first-order chi connectivity index (χ1) is 10.0. The lowest BCUT2D eigenvalue weighted by Crippen LogP contribution is -2.30. The number of methoxy groups -OCH3 is 1. The van der Waals surface area contributed by atoms with Gasteiger partial charge < -0.3 is 10.1 Å². The van der Waals surface area contributed by atoms with Crippen molar-refractivity contribution in [3.63, 3.8) is 0 Å². The lowest BCUT2D eigenvalue weighted by Gasteiger charge is -2.27. The number of rotatable bonds is 6. The average Bonchev–Trinajstić information content (AvgIpc) is 2.95. The average molecular weight is 314 g/mol. The Morgan fingerprint density at radius 3 is 2.67 bits per heavy atom. The summed E-state index contributed by atoms with van der Waals surface area (Å²) in [6.07, 6.45) is 6.66. The molecule has 1 aliphatic carbocycles. The number of ether oxygens (including phenoxy) is 1. The Hall–Kier alpha value is -1.50. The van der Waals surface area contributed by atoms with E-state index in [2.05, 4.69) is 11.6 Å². The van der Waals surface area contributed by atoms with Crippen LogP contribution >= 0.6 is 11.8 Å². The van der Waals surface area contributed by atoms with Crippen LogP contribution in [0.2, 0.25) is 0 Å². The second-order valence-electron chi connectivity index (χ2n) is 5.21. The van der Waals surface area contributed by atoms with Gasteiger partial charge in [-0.1, -0.05) is 12.8 Å². The largest absolute Gasteiger partial charge is 0.490 e. The van der Waals surface area contributed by atoms with Crippen LogP contribution in [0.4, 0.5) is 15.8 Å². The zero-order chi connectivity index (χ0) is 15.5. The van der Waals surface area contributed by atoms with E-state index in [1.165, 1.54) is 26.0 Å². The molecule has 0 spiro atoms. The molecule has 1 aliphatic rings. The lowest BCUT2D eigenvalue weighted by atomic mass is 10.1. The SMILES string of the molecule is COc1cc(NCC2(SC)CCCC2)c(F)cc1[N+](=O)[O-]. The van der Waals surface area contributed by atoms with E-state index >= 15 is 0 Å². The summed E-state index contributed by atoms with van der Waals surface area (Å²) in [6.45, 7) is 0.645. The first-order valence-corrected chi connectivity index (χ1v) is 8.05. The summed E-state index contributed by atoms with van der Waals surface area (Å²) in [4.78, 5) is 10.2. The molecule has 5 nitrogen and oxygen atoms in total. The molecule has 21 heavy (non-hydrogen) atoms. The molecule has 0 unspecified atom stereocenters. The molecule has 0 aliphatic heterocycles. The van der Waals surface area contributed by atoms with Crippen molar-refractivity contribution < 1.29 is 14.1 Å². The molecule has 0 heterocycles. The van der Waals surface area contributed by atoms with Gasteiger partial charge in [-0.05, 0) is 19.1 Å². The highest BCUT2D eigenvalue weighted by atomic mass is 32.2. The van der Waals surface area contributed by atoms with Gasteiger partial charge >= 0.3 is 5.69 Å². The summed E-state index contributed by atoms with van der Waals surface area (Å²) in [5, 5.41) is 13.9. The molecular formula is C14H19FN2O3S. The van der Waals surface area contributed by atoms with Gasteiger partial charge in [-0.25, -0.2) is 4.39 Å². The fourth-order valence-electron chi connectivity index (χ4n) is 2.71. The molecule has 7 heteroatoms. The Labute approximate surface area is 127 Å². The Balaban J connectivity index is 2.18. The van der Waals surface area contributed by atoms with Crippen molar-refractivity contribution in [3.05, 3.63) is 28.1 Å². The van der Waals surface area contributed by atoms with Gasteiger partial charge in [0, 0.05) is 17.4 Å². The van der Waals surface area contributed by atoms with Crippen molar-refractivity contribution in [2.24, 2.45) is 0 Å². The molecule has 0 atom stereocenters. The zero-order valence-electron chi connectivity index (χ0n) is 12.1. The van der Waals surface area contributed by atoms with Gasteiger partial charge in [-0.3, -0.25) is 10.1 Å². The van der Waals surface area contributed by atoms with Crippen molar-refractivity contribution in [1.82, 2.24) is 0 Å². The molecular weight excluding hydrogens is 295 g/mol. The monoisotopic (exact) mass is 314 g/mol. The van der Waals surface area contributed by atoms with Gasteiger partial charge in [0.25, 0.3) is 0 Å². The van der Waals surface area contributed by atoms with E-state index in [0.29, 0.717) is 6.54 Å². The molecule has 1 aromatic rings. The predicted molar refractivity (Wildman–Crippen MR) is 82.8 cm³/mol. The second-order valence-corrected chi connectivity index (χ2v) is 6.48. The van der Waals surface area contributed by atoms with Gasteiger partial charge in [0.05, 0.1) is 23.8 Å². The smallest absolute Gasteiger partial charge is 0.313 e. The standard InChI is InChI=1S/C14H19FN2O3S/c1-20-13-8-11(10(15)7-12(13)17(18)19)16-9-14(21-2)5-3-4-6-14/h7-8,16H,3-6,9H2,1-2H3. The van der Waals surface area contributed by atoms with Gasteiger partial charge in [0.15, 0.2) is 11.6 Å². The summed E-state index contributed by atoms with van der Waals surface area (Å²) in [6, 6.07) is 2.26. The van der Waals surface area contributed by atoms with E-state index < -0.39 is 10.7 Å². The second kappa shape index (κ2) is 6.51. The van der Waals surface area contributed by atoms with Crippen LogP contribution in [0, 0.1) is 15.9 Å². The number of nitrogens with zero attached hydrogens (tertiary/aromatic N) is 1. The van der Waals surface area contributed by atoms with Crippen molar-refractivity contribution in [1.29, 1.82) is 0 Å². The van der Waals surface area contributed by atoms with Crippen LogP contribution in [0.25, 0.3) is 0 Å². The summed E-state index contributed by atoms with van der Waals surface area (Å²) in [7, 11) is 1.34. The fraction of sp³-hybridized carbons (Fsp3) is 0.571. The Bertz CT molecular complexity index is 533. The van der Waals surface area contributed by atoms with Crippen LogP contribution in [-0.2, 0) is 0 Å². The van der Waals surface area contributed by atoms with Crippen LogP contribution in [0.1, 0.15) is 25.7 Å². The first kappa shape index (κ1) is 15.9. The highest BCUT2D eigenvalue weighted by molar-refractivity contribution is 8.00. The summed E-state index contributed by atoms with van der Waals surface area (Å²) < 4.78 is 19.1. The summed E-state index contributed by atoms with van der Waals surface area (Å²) >= 11 is 1.80. The fourth-order valence-corrected chi connectivity index (χ4v) is 3.63. The maximum atomic E-state index is 14.0. The highest BCUT2D eigenvalue weighted by Crippen LogP contribution is 2.41. The van der Waals surface area contributed by atoms with Crippen LogP contribution in [0.5, 0.6) is 5.75 Å². The molecule has 2 rings (SSSR count). The number of nitro benzene ring substituents is 1. The molecule has 0 bridgehead atoms. The van der Waals surface area contributed by atoms with Gasteiger partial charge in [-0.2, -0.15) is 11.8 Å². The number of thioether (sulfide) groups is 1. The number of benzene rings is 1. The van der Waals surface area contributed by atoms with Gasteiger partial charge in [0.2, 0.25) is 0 Å². The summed E-state index contributed by atoms with van der Waals surface area (Å²) in [5.74, 6) is -0.565. The molecule has 0 aromatic heterocycles. The number of anilines is 1. The quantitative estimate of drug-likeness (QED) is 0.638. The van der Waals surface area contributed by atoms with Gasteiger partial charge in [-0.15, -0.1) is 0 Å². The van der Waals surface area contributed by atoms with Crippen LogP contribution in [-0.4, -0.2) is 29.6 Å². The number of nitrogens with one attached hydrogen (secondary N) is 1. The van der Waals surface area contributed by atoms with Crippen LogP contribution < -0.4 is 10.1 Å². The van der Waals surface area contributed by atoms with E-state index in [1.807, 2.05) is 0 Å². The van der Waals surface area contributed by atoms with E-state index in [4.69, 9.17) is 4.74 Å². The third-order valence-electron chi connectivity index (χ3n) is 4.01. The van der Waals surface area contributed by atoms with Crippen LogP contribution in [0.3, 0.4) is 0 Å². The molecule has 1 N–H and O–H groups in total. The summed E-state index contributed by atoms with van der Waals surface area (Å²) in [5.41, 5.74) is -0.112. The highest BCUT2D eigenvalue weighted by Gasteiger charge is 2.33. The minimum absolute atomic E-state index is 0.0634. The van der Waals surface area contributed by atoms with E-state index in [-0.39, 0.29) is 21.9 Å². The van der Waals surface area contributed by atoms with Crippen molar-refractivity contribution in [3.8, 4) is 5.75 Å². The minimum Gasteiger partial charge on any atom is -0.490 e. The number of hydrogen-bond donors (Lipinski definition) is 1. The van der Waals surface area contributed by atoms with Gasteiger partial charge in [0.1, 0.15) is 0 Å². The Morgan fingerprint density at radius 1 is 1.48 bits per heavy atom. The zero-order valence-corrected chi connectivity index (χ0v) is 13.0. The Morgan fingerprint density at radius 2 is 2.14 bits per heavy atom. The number of nitro groups is 1. The first-order valence-electron chi connectivity index (χ1n) is 6.82. The topological polar surface area (TPSA) is 64.4 Å². The van der Waals surface area contributed by atoms with E-state index in [9.17, 15) is 14.5 Å². The van der Waals surface area contributed by atoms with Crippen molar-refractivity contribution in [2.75, 3.05) is 25.2 Å². The third-order valence-corrected chi connectivity index (χ3v) is 5.43. The number of halogens is 1. The number of hydrogen-bond acceptors (Lipinski definition) is 5. The molecule has 1 fully saturated rings. The third kappa shape index (κ3) is 3.40. The normalized spacial score (nSPS) is 16.7. The molecule has 0 amide bonds. The molecule has 0 radical (unpaired) electrons. The molecule has 1 saturated carbocycles. The van der Waals surface area contributed by atoms with Crippen molar-refractivity contribution >= 4 is 23.1 Å². The van der Waals surface area contributed by atoms with E-state index in [1.54, 1.807) is 11.8 Å². The molecule has 0 saturated heterocycles. The molecule has 116 valence electrons. The van der Waals surface area contributed by atoms with Crippen LogP contribution in [0.15, 0.2) is 12.1 Å². The molecule has 1 aromatic carbocycles. The maximum Gasteiger partial charge on any atom is 0.313 e.